The molecular weight excluding hydrogens is 356 g/mol. The van der Waals surface area contributed by atoms with E-state index in [1.54, 1.807) is 0 Å². The van der Waals surface area contributed by atoms with Crippen molar-refractivity contribution in [3.8, 4) is 0 Å². The van der Waals surface area contributed by atoms with Crippen LogP contribution in [0.2, 0.25) is 0 Å². The van der Waals surface area contributed by atoms with E-state index >= 15 is 0 Å². The van der Waals surface area contributed by atoms with Crippen molar-refractivity contribution >= 4 is 5.97 Å². The van der Waals surface area contributed by atoms with Crippen molar-refractivity contribution in [3.63, 3.8) is 0 Å². The van der Waals surface area contributed by atoms with Crippen LogP contribution in [0.1, 0.15) is 136 Å². The standard InChI is InChI=1S/C27H48O2/c1-3-5-6-7-8-9-10-11-12-13-15-25(14-4-2)29-26(28)27-19-22-16-23(20-27)18-24(17-22)21-27/h22-25H,3-21H2,1-2H3. The lowest BCUT2D eigenvalue weighted by Crippen LogP contribution is -2.51. The Morgan fingerprint density at radius 3 is 1.69 bits per heavy atom. The molecular formula is C27H48O2. The van der Waals surface area contributed by atoms with Crippen molar-refractivity contribution in [1.82, 2.24) is 0 Å². The van der Waals surface area contributed by atoms with Gasteiger partial charge in [-0.3, -0.25) is 4.79 Å². The molecule has 0 aromatic rings. The van der Waals surface area contributed by atoms with Crippen molar-refractivity contribution in [1.29, 1.82) is 0 Å². The fourth-order valence-electron chi connectivity index (χ4n) is 7.08. The first-order valence-electron chi connectivity index (χ1n) is 13.4. The first-order valence-corrected chi connectivity index (χ1v) is 13.4. The topological polar surface area (TPSA) is 26.3 Å². The zero-order valence-corrected chi connectivity index (χ0v) is 19.6. The minimum absolute atomic E-state index is 0.0848. The molecule has 4 fully saturated rings. The van der Waals surface area contributed by atoms with Crippen LogP contribution in [0, 0.1) is 23.2 Å². The Labute approximate surface area is 180 Å². The van der Waals surface area contributed by atoms with E-state index < -0.39 is 0 Å². The third kappa shape index (κ3) is 6.73. The molecule has 4 rings (SSSR count). The number of rotatable bonds is 15. The van der Waals surface area contributed by atoms with Gasteiger partial charge in [0.25, 0.3) is 0 Å². The lowest BCUT2D eigenvalue weighted by atomic mass is 9.49. The van der Waals surface area contributed by atoms with E-state index in [0.717, 1.165) is 56.3 Å². The number of ether oxygens (including phenoxy) is 1. The van der Waals surface area contributed by atoms with Gasteiger partial charge in [0.05, 0.1) is 5.41 Å². The van der Waals surface area contributed by atoms with E-state index in [2.05, 4.69) is 13.8 Å². The van der Waals surface area contributed by atoms with Crippen LogP contribution in [0.4, 0.5) is 0 Å². The van der Waals surface area contributed by atoms with Gasteiger partial charge < -0.3 is 4.74 Å². The van der Waals surface area contributed by atoms with Gasteiger partial charge >= 0.3 is 5.97 Å². The van der Waals surface area contributed by atoms with Gasteiger partial charge in [0.15, 0.2) is 0 Å². The van der Waals surface area contributed by atoms with Gasteiger partial charge in [0, 0.05) is 0 Å². The maximum atomic E-state index is 13.2. The number of hydrogen-bond acceptors (Lipinski definition) is 2. The maximum absolute atomic E-state index is 13.2. The SMILES string of the molecule is CCCCCCCCCCCCC(CCC)OC(=O)C12CC3CC(CC(C3)C1)C2. The second kappa shape index (κ2) is 11.8. The van der Waals surface area contributed by atoms with Crippen LogP contribution in [0.5, 0.6) is 0 Å². The smallest absolute Gasteiger partial charge is 0.312 e. The fraction of sp³-hybridized carbons (Fsp3) is 0.963. The molecule has 0 saturated heterocycles. The molecule has 0 spiro atoms. The molecule has 2 heteroatoms. The second-order valence-corrected chi connectivity index (χ2v) is 11.0. The van der Waals surface area contributed by atoms with Crippen LogP contribution in [-0.2, 0) is 9.53 Å². The summed E-state index contributed by atoms with van der Waals surface area (Å²) in [5.74, 6) is 2.66. The zero-order valence-electron chi connectivity index (χ0n) is 19.6. The van der Waals surface area contributed by atoms with Gasteiger partial charge in [0.2, 0.25) is 0 Å². The Bertz CT molecular complexity index is 448. The van der Waals surface area contributed by atoms with E-state index in [1.165, 1.54) is 83.5 Å². The van der Waals surface area contributed by atoms with Crippen molar-refractivity contribution in [2.45, 2.75) is 142 Å². The molecule has 0 radical (unpaired) electrons. The highest BCUT2D eigenvalue weighted by Crippen LogP contribution is 2.60. The number of carbonyl (C=O) groups is 1. The van der Waals surface area contributed by atoms with Crippen molar-refractivity contribution in [3.05, 3.63) is 0 Å². The van der Waals surface area contributed by atoms with Crippen LogP contribution in [0.15, 0.2) is 0 Å². The summed E-state index contributed by atoms with van der Waals surface area (Å²) >= 11 is 0. The molecule has 0 aromatic carbocycles. The second-order valence-electron chi connectivity index (χ2n) is 11.0. The molecule has 4 aliphatic rings. The Kier molecular flexibility index (Phi) is 9.38. The first-order chi connectivity index (χ1) is 14.1. The lowest BCUT2D eigenvalue weighted by Gasteiger charge is -2.55. The van der Waals surface area contributed by atoms with Gasteiger partial charge in [-0.2, -0.15) is 0 Å². The molecule has 4 saturated carbocycles. The van der Waals surface area contributed by atoms with Crippen LogP contribution in [0.25, 0.3) is 0 Å². The normalized spacial score (nSPS) is 31.2. The average molecular weight is 405 g/mol. The largest absolute Gasteiger partial charge is 0.462 e. The molecule has 0 aromatic heterocycles. The van der Waals surface area contributed by atoms with Gasteiger partial charge in [-0.25, -0.2) is 0 Å². The summed E-state index contributed by atoms with van der Waals surface area (Å²) in [6, 6.07) is 0. The maximum Gasteiger partial charge on any atom is 0.312 e. The number of carbonyl (C=O) groups excluding carboxylic acids is 1. The van der Waals surface area contributed by atoms with E-state index in [0.29, 0.717) is 0 Å². The van der Waals surface area contributed by atoms with Gasteiger partial charge in [-0.05, 0) is 75.5 Å². The predicted octanol–water partition coefficient (Wildman–Crippen LogP) is 8.23. The molecule has 1 unspecified atom stereocenters. The Hall–Kier alpha value is -0.530. The Balaban J connectivity index is 1.32. The van der Waals surface area contributed by atoms with Gasteiger partial charge in [-0.1, -0.05) is 78.1 Å². The highest BCUT2D eigenvalue weighted by molar-refractivity contribution is 5.77. The quantitative estimate of drug-likeness (QED) is 0.203. The molecule has 2 nitrogen and oxygen atoms in total. The number of esters is 1. The summed E-state index contributed by atoms with van der Waals surface area (Å²) in [6.07, 6.45) is 24.7. The van der Waals surface area contributed by atoms with Crippen LogP contribution in [0.3, 0.4) is 0 Å². The third-order valence-electron chi connectivity index (χ3n) is 8.24. The highest BCUT2D eigenvalue weighted by atomic mass is 16.5. The summed E-state index contributed by atoms with van der Waals surface area (Å²) < 4.78 is 6.22. The molecule has 0 aliphatic heterocycles. The number of hydrogen-bond donors (Lipinski definition) is 0. The monoisotopic (exact) mass is 404 g/mol. The van der Waals surface area contributed by atoms with E-state index in [1.807, 2.05) is 0 Å². The van der Waals surface area contributed by atoms with Crippen LogP contribution < -0.4 is 0 Å². The summed E-state index contributed by atoms with van der Waals surface area (Å²) in [4.78, 5) is 13.2. The molecule has 4 aliphatic carbocycles. The Morgan fingerprint density at radius 1 is 0.724 bits per heavy atom. The predicted molar refractivity (Wildman–Crippen MR) is 122 cm³/mol. The molecule has 29 heavy (non-hydrogen) atoms. The molecule has 1 atom stereocenters. The molecule has 4 bridgehead atoms. The molecule has 0 amide bonds. The summed E-state index contributed by atoms with van der Waals surface area (Å²) in [5, 5.41) is 0. The third-order valence-corrected chi connectivity index (χ3v) is 8.24. The van der Waals surface area contributed by atoms with E-state index in [9.17, 15) is 4.79 Å². The minimum atomic E-state index is -0.0848. The van der Waals surface area contributed by atoms with Gasteiger partial charge in [0.1, 0.15) is 6.10 Å². The minimum Gasteiger partial charge on any atom is -0.462 e. The summed E-state index contributed by atoms with van der Waals surface area (Å²) in [7, 11) is 0. The first kappa shape index (κ1) is 23.1. The Morgan fingerprint density at radius 2 is 1.21 bits per heavy atom. The summed E-state index contributed by atoms with van der Waals surface area (Å²) in [5.41, 5.74) is -0.0848. The molecule has 0 N–H and O–H groups in total. The number of unbranched alkanes of at least 4 members (excludes halogenated alkanes) is 9. The van der Waals surface area contributed by atoms with Crippen molar-refractivity contribution in [2.24, 2.45) is 23.2 Å². The van der Waals surface area contributed by atoms with Crippen LogP contribution >= 0.6 is 0 Å². The van der Waals surface area contributed by atoms with Crippen LogP contribution in [-0.4, -0.2) is 12.1 Å². The van der Waals surface area contributed by atoms with Gasteiger partial charge in [-0.15, -0.1) is 0 Å². The summed E-state index contributed by atoms with van der Waals surface area (Å²) in [6.45, 7) is 4.51. The average Bonchev–Trinajstić information content (AvgIpc) is 2.68. The zero-order chi connectivity index (χ0) is 20.5. The molecule has 168 valence electrons. The lowest BCUT2D eigenvalue weighted by molar-refractivity contribution is -0.177. The molecule has 0 heterocycles. The fourth-order valence-corrected chi connectivity index (χ4v) is 7.08. The van der Waals surface area contributed by atoms with Crippen molar-refractivity contribution < 1.29 is 9.53 Å². The van der Waals surface area contributed by atoms with E-state index in [4.69, 9.17) is 4.74 Å². The van der Waals surface area contributed by atoms with Crippen molar-refractivity contribution in [2.75, 3.05) is 0 Å². The highest BCUT2D eigenvalue weighted by Gasteiger charge is 2.55. The van der Waals surface area contributed by atoms with E-state index in [-0.39, 0.29) is 17.5 Å².